The first-order valence-electron chi connectivity index (χ1n) is 11.8. The predicted molar refractivity (Wildman–Crippen MR) is 132 cm³/mol. The lowest BCUT2D eigenvalue weighted by molar-refractivity contribution is 0.266. The molecule has 1 unspecified atom stereocenters. The molecule has 0 amide bonds. The van der Waals surface area contributed by atoms with E-state index >= 15 is 0 Å². The Morgan fingerprint density at radius 2 is 1.65 bits per heavy atom. The molecule has 34 heavy (non-hydrogen) atoms. The number of hydrogen-bond acceptors (Lipinski definition) is 7. The van der Waals surface area contributed by atoms with Crippen LogP contribution in [0.4, 0.5) is 21.7 Å². The molecule has 8 heteroatoms. The zero-order valence-electron chi connectivity index (χ0n) is 19.4. The summed E-state index contributed by atoms with van der Waals surface area (Å²) >= 11 is 0. The molecular weight excluding hydrogens is 433 g/mol. The zero-order valence-corrected chi connectivity index (χ0v) is 19.4. The molecule has 1 atom stereocenters. The van der Waals surface area contributed by atoms with Crippen molar-refractivity contribution in [1.29, 1.82) is 0 Å². The Bertz CT molecular complexity index is 1120. The van der Waals surface area contributed by atoms with Crippen LogP contribution < -0.4 is 19.4 Å². The van der Waals surface area contributed by atoms with Crippen molar-refractivity contribution in [2.45, 2.75) is 18.9 Å². The van der Waals surface area contributed by atoms with Gasteiger partial charge in [-0.05, 0) is 49.2 Å². The second-order valence-corrected chi connectivity index (χ2v) is 8.73. The van der Waals surface area contributed by atoms with E-state index in [4.69, 9.17) is 14.7 Å². The summed E-state index contributed by atoms with van der Waals surface area (Å²) in [5.41, 5.74) is 1.87. The third-order valence-electron chi connectivity index (χ3n) is 6.71. The average Bonchev–Trinajstić information content (AvgIpc) is 3.38. The van der Waals surface area contributed by atoms with Crippen LogP contribution in [0.5, 0.6) is 5.75 Å². The lowest BCUT2D eigenvalue weighted by Crippen LogP contribution is -2.47. The highest BCUT2D eigenvalue weighted by molar-refractivity contribution is 5.64. The molecule has 0 radical (unpaired) electrons. The maximum absolute atomic E-state index is 13.5. The van der Waals surface area contributed by atoms with Gasteiger partial charge in [0, 0.05) is 44.4 Å². The molecule has 5 rings (SSSR count). The largest absolute Gasteiger partial charge is 0.495 e. The minimum absolute atomic E-state index is 0.0613. The van der Waals surface area contributed by atoms with E-state index in [9.17, 15) is 9.50 Å². The van der Waals surface area contributed by atoms with Gasteiger partial charge >= 0.3 is 0 Å². The van der Waals surface area contributed by atoms with Gasteiger partial charge in [-0.25, -0.2) is 14.4 Å². The van der Waals surface area contributed by atoms with Crippen molar-refractivity contribution in [1.82, 2.24) is 9.97 Å². The highest BCUT2D eigenvalue weighted by Gasteiger charge is 2.27. The van der Waals surface area contributed by atoms with Gasteiger partial charge in [-0.3, -0.25) is 0 Å². The van der Waals surface area contributed by atoms with Crippen molar-refractivity contribution in [2.75, 3.05) is 61.1 Å². The number of halogens is 1. The molecule has 3 heterocycles. The lowest BCUT2D eigenvalue weighted by Gasteiger charge is -2.37. The molecule has 0 bridgehead atoms. The van der Waals surface area contributed by atoms with Crippen molar-refractivity contribution in [2.24, 2.45) is 0 Å². The molecule has 2 fully saturated rings. The van der Waals surface area contributed by atoms with Crippen molar-refractivity contribution >= 4 is 17.3 Å². The Balaban J connectivity index is 1.43. The number of para-hydroxylation sites is 2. The summed E-state index contributed by atoms with van der Waals surface area (Å²) in [6.45, 7) is 4.25. The van der Waals surface area contributed by atoms with Crippen molar-refractivity contribution in [3.8, 4) is 17.1 Å². The summed E-state index contributed by atoms with van der Waals surface area (Å²) < 4.78 is 19.1. The van der Waals surface area contributed by atoms with E-state index in [-0.39, 0.29) is 18.5 Å². The third-order valence-corrected chi connectivity index (χ3v) is 6.71. The third kappa shape index (κ3) is 4.50. The number of ether oxygens (including phenoxy) is 1. The Labute approximate surface area is 199 Å². The maximum Gasteiger partial charge on any atom is 0.163 e. The highest BCUT2D eigenvalue weighted by Crippen LogP contribution is 2.32. The average molecular weight is 464 g/mol. The summed E-state index contributed by atoms with van der Waals surface area (Å²) in [6, 6.07) is 16.5. The Kier molecular flexibility index (Phi) is 6.49. The molecule has 0 spiro atoms. The molecule has 2 aromatic carbocycles. The predicted octanol–water partition coefficient (Wildman–Crippen LogP) is 3.58. The number of rotatable bonds is 6. The van der Waals surface area contributed by atoms with E-state index in [0.29, 0.717) is 5.82 Å². The van der Waals surface area contributed by atoms with Crippen LogP contribution in [0.1, 0.15) is 12.8 Å². The van der Waals surface area contributed by atoms with E-state index in [1.54, 1.807) is 19.2 Å². The number of methoxy groups -OCH3 is 1. The quantitative estimate of drug-likeness (QED) is 0.600. The molecule has 7 nitrogen and oxygen atoms in total. The van der Waals surface area contributed by atoms with Crippen LogP contribution in [0, 0.1) is 5.82 Å². The number of aromatic nitrogens is 2. The van der Waals surface area contributed by atoms with Crippen LogP contribution in [0.25, 0.3) is 11.4 Å². The molecule has 2 aliphatic heterocycles. The first kappa shape index (κ1) is 22.4. The number of hydrogen-bond donors (Lipinski definition) is 1. The molecule has 2 saturated heterocycles. The van der Waals surface area contributed by atoms with Crippen LogP contribution in [-0.4, -0.2) is 67.6 Å². The first-order valence-corrected chi connectivity index (χ1v) is 11.8. The van der Waals surface area contributed by atoms with Gasteiger partial charge in [0.05, 0.1) is 25.4 Å². The van der Waals surface area contributed by atoms with Crippen LogP contribution in [0.15, 0.2) is 54.6 Å². The number of piperazine rings is 1. The normalized spacial score (nSPS) is 18.4. The van der Waals surface area contributed by atoms with E-state index in [1.165, 1.54) is 12.1 Å². The van der Waals surface area contributed by atoms with E-state index in [2.05, 4.69) is 20.8 Å². The second kappa shape index (κ2) is 9.85. The molecule has 2 aliphatic rings. The maximum atomic E-state index is 13.5. The van der Waals surface area contributed by atoms with Crippen LogP contribution in [0.2, 0.25) is 0 Å². The fraction of sp³-hybridized carbons (Fsp3) is 0.385. The van der Waals surface area contributed by atoms with E-state index in [1.807, 2.05) is 24.3 Å². The molecule has 1 N–H and O–H groups in total. The van der Waals surface area contributed by atoms with Crippen molar-refractivity contribution in [3.63, 3.8) is 0 Å². The van der Waals surface area contributed by atoms with E-state index < -0.39 is 0 Å². The summed E-state index contributed by atoms with van der Waals surface area (Å²) in [5.74, 6) is 2.83. The fourth-order valence-electron chi connectivity index (χ4n) is 4.85. The van der Waals surface area contributed by atoms with Gasteiger partial charge < -0.3 is 24.5 Å². The van der Waals surface area contributed by atoms with Gasteiger partial charge in [-0.15, -0.1) is 0 Å². The first-order chi connectivity index (χ1) is 16.7. The van der Waals surface area contributed by atoms with Gasteiger partial charge in [-0.1, -0.05) is 12.1 Å². The SMILES string of the molecule is COc1ccccc1N1CCN(c2cc(N3CCCC3CO)nc(-c3ccc(F)cc3)n2)CC1. The standard InChI is InChI=1S/C26H30FN5O2/c1-34-23-7-3-2-6-22(23)30-13-15-31(16-14-30)24-17-25(32-12-4-5-21(32)18-33)29-26(28-24)19-8-10-20(27)11-9-19/h2-3,6-11,17,21,33H,4-5,12-16,18H2,1H3. The minimum atomic E-state index is -0.285. The Morgan fingerprint density at radius 3 is 2.38 bits per heavy atom. The smallest absolute Gasteiger partial charge is 0.163 e. The van der Waals surface area contributed by atoms with Crippen LogP contribution >= 0.6 is 0 Å². The molecule has 0 saturated carbocycles. The summed E-state index contributed by atoms with van der Waals surface area (Å²) in [7, 11) is 1.70. The highest BCUT2D eigenvalue weighted by atomic mass is 19.1. The Hall–Kier alpha value is -3.39. The lowest BCUT2D eigenvalue weighted by atomic mass is 10.2. The summed E-state index contributed by atoms with van der Waals surface area (Å²) in [4.78, 5) is 16.5. The van der Waals surface area contributed by atoms with Crippen LogP contribution in [-0.2, 0) is 0 Å². The zero-order chi connectivity index (χ0) is 23.5. The topological polar surface area (TPSA) is 65.0 Å². The van der Waals surface area contributed by atoms with E-state index in [0.717, 1.165) is 74.2 Å². The van der Waals surface area contributed by atoms with Gasteiger partial charge in [0.2, 0.25) is 0 Å². The summed E-state index contributed by atoms with van der Waals surface area (Å²) in [6.07, 6.45) is 1.97. The van der Waals surface area contributed by atoms with Crippen molar-refractivity contribution < 1.29 is 14.2 Å². The molecule has 1 aromatic heterocycles. The van der Waals surface area contributed by atoms with Crippen LogP contribution in [0.3, 0.4) is 0 Å². The minimum Gasteiger partial charge on any atom is -0.495 e. The van der Waals surface area contributed by atoms with Gasteiger partial charge in [0.1, 0.15) is 23.2 Å². The number of aliphatic hydroxyl groups excluding tert-OH is 1. The molecular formula is C26H30FN5O2. The number of aliphatic hydroxyl groups is 1. The molecule has 178 valence electrons. The van der Waals surface area contributed by atoms with Gasteiger partial charge in [0.25, 0.3) is 0 Å². The second-order valence-electron chi connectivity index (χ2n) is 8.73. The van der Waals surface area contributed by atoms with Gasteiger partial charge in [-0.2, -0.15) is 0 Å². The molecule has 0 aliphatic carbocycles. The number of benzene rings is 2. The van der Waals surface area contributed by atoms with Gasteiger partial charge in [0.15, 0.2) is 5.82 Å². The monoisotopic (exact) mass is 463 g/mol. The van der Waals surface area contributed by atoms with Crippen molar-refractivity contribution in [3.05, 3.63) is 60.4 Å². The fourth-order valence-corrected chi connectivity index (χ4v) is 4.85. The Morgan fingerprint density at radius 1 is 0.941 bits per heavy atom. The number of anilines is 3. The summed E-state index contributed by atoms with van der Waals surface area (Å²) in [5, 5.41) is 9.86. The number of nitrogens with zero attached hydrogens (tertiary/aromatic N) is 5. The molecule has 3 aromatic rings.